The summed E-state index contributed by atoms with van der Waals surface area (Å²) < 4.78 is 27.0. The Morgan fingerprint density at radius 1 is 1.14 bits per heavy atom. The molecule has 0 atom stereocenters. The van der Waals surface area contributed by atoms with Gasteiger partial charge in [-0.3, -0.25) is 13.6 Å². The van der Waals surface area contributed by atoms with Gasteiger partial charge in [0.25, 0.3) is 0 Å². The Morgan fingerprint density at radius 3 is 1.93 bits per heavy atom. The third-order valence-electron chi connectivity index (χ3n) is 3.38. The number of hydrogen-bond donors (Lipinski definition) is 0. The minimum atomic E-state index is -3.13. The van der Waals surface area contributed by atoms with Gasteiger partial charge in [-0.25, -0.2) is 4.57 Å². The van der Waals surface area contributed by atoms with Crippen molar-refractivity contribution in [2.75, 3.05) is 19.8 Å². The van der Waals surface area contributed by atoms with Crippen molar-refractivity contribution in [1.29, 1.82) is 0 Å². The average molecular weight is 220 g/mol. The van der Waals surface area contributed by atoms with E-state index in [9.17, 15) is 4.57 Å². The second-order valence-electron chi connectivity index (χ2n) is 4.14. The first kappa shape index (κ1) is 10.6. The van der Waals surface area contributed by atoms with E-state index in [1.807, 2.05) is 0 Å². The Morgan fingerprint density at radius 2 is 1.57 bits per heavy atom. The van der Waals surface area contributed by atoms with Crippen LogP contribution in [0, 0.1) is 11.3 Å². The van der Waals surface area contributed by atoms with Gasteiger partial charge in [0.2, 0.25) is 0 Å². The van der Waals surface area contributed by atoms with E-state index in [4.69, 9.17) is 13.6 Å². The fraction of sp³-hybridized carbons (Fsp3) is 1.00. The Labute approximate surface area is 84.5 Å². The minimum Gasteiger partial charge on any atom is -0.286 e. The van der Waals surface area contributed by atoms with Gasteiger partial charge in [0.15, 0.2) is 0 Å². The fourth-order valence-corrected chi connectivity index (χ4v) is 3.84. The van der Waals surface area contributed by atoms with Crippen molar-refractivity contribution in [2.24, 2.45) is 11.3 Å². The zero-order chi connectivity index (χ0) is 10.2. The summed E-state index contributed by atoms with van der Waals surface area (Å²) in [4.78, 5) is 0. The van der Waals surface area contributed by atoms with Gasteiger partial charge in [0.1, 0.15) is 0 Å². The SMILES string of the molecule is CCC(CC)C12COP(=O)(OC1)OC2. The van der Waals surface area contributed by atoms with Crippen LogP contribution in [0.15, 0.2) is 0 Å². The summed E-state index contributed by atoms with van der Waals surface area (Å²) in [5.41, 5.74) is -0.0599. The third kappa shape index (κ3) is 1.54. The second kappa shape index (κ2) is 3.60. The highest BCUT2D eigenvalue weighted by atomic mass is 31.2. The van der Waals surface area contributed by atoms with Gasteiger partial charge in [0.05, 0.1) is 19.8 Å². The van der Waals surface area contributed by atoms with E-state index < -0.39 is 7.82 Å². The zero-order valence-electron chi connectivity index (χ0n) is 8.69. The molecule has 3 heterocycles. The van der Waals surface area contributed by atoms with Gasteiger partial charge < -0.3 is 0 Å². The van der Waals surface area contributed by atoms with Crippen molar-refractivity contribution in [1.82, 2.24) is 0 Å². The molecule has 0 spiro atoms. The molecule has 3 aliphatic rings. The Bertz CT molecular complexity index is 230. The maximum absolute atomic E-state index is 11.5. The fourth-order valence-electron chi connectivity index (χ4n) is 2.37. The summed E-state index contributed by atoms with van der Waals surface area (Å²) >= 11 is 0. The standard InChI is InChI=1S/C9H17O4P/c1-3-8(4-2)9-5-11-14(10,12-6-9)13-7-9/h8H,3-7H2,1-2H3. The molecule has 3 fully saturated rings. The zero-order valence-corrected chi connectivity index (χ0v) is 9.59. The van der Waals surface area contributed by atoms with E-state index in [1.165, 1.54) is 0 Å². The van der Waals surface area contributed by atoms with Gasteiger partial charge in [-0.1, -0.05) is 26.7 Å². The lowest BCUT2D eigenvalue weighted by atomic mass is 9.74. The molecule has 82 valence electrons. The lowest BCUT2D eigenvalue weighted by molar-refractivity contribution is -0.123. The van der Waals surface area contributed by atoms with Crippen LogP contribution in [0.25, 0.3) is 0 Å². The van der Waals surface area contributed by atoms with Gasteiger partial charge >= 0.3 is 7.82 Å². The lowest BCUT2D eigenvalue weighted by Gasteiger charge is -2.48. The van der Waals surface area contributed by atoms with Gasteiger partial charge in [-0.05, 0) is 5.92 Å². The number of fused-ring (bicyclic) bond motifs is 3. The quantitative estimate of drug-likeness (QED) is 0.686. The lowest BCUT2D eigenvalue weighted by Crippen LogP contribution is -2.49. The Kier molecular flexibility index (Phi) is 2.73. The molecule has 0 N–H and O–H groups in total. The molecule has 14 heavy (non-hydrogen) atoms. The van der Waals surface area contributed by atoms with Crippen molar-refractivity contribution in [3.05, 3.63) is 0 Å². The van der Waals surface area contributed by atoms with Crippen molar-refractivity contribution in [3.63, 3.8) is 0 Å². The Hall–Kier alpha value is 0.110. The first-order valence-corrected chi connectivity index (χ1v) is 6.64. The maximum atomic E-state index is 11.5. The molecule has 0 aromatic carbocycles. The van der Waals surface area contributed by atoms with Crippen LogP contribution in [-0.4, -0.2) is 19.8 Å². The van der Waals surface area contributed by atoms with Crippen LogP contribution >= 0.6 is 7.82 Å². The highest BCUT2D eigenvalue weighted by molar-refractivity contribution is 7.48. The summed E-state index contributed by atoms with van der Waals surface area (Å²) in [5.74, 6) is 0.525. The molecule has 0 aromatic heterocycles. The van der Waals surface area contributed by atoms with Crippen LogP contribution in [0.3, 0.4) is 0 Å². The number of rotatable bonds is 3. The van der Waals surface area contributed by atoms with E-state index >= 15 is 0 Å². The topological polar surface area (TPSA) is 44.8 Å². The summed E-state index contributed by atoms with van der Waals surface area (Å²) in [7, 11) is -3.13. The van der Waals surface area contributed by atoms with Crippen molar-refractivity contribution in [3.8, 4) is 0 Å². The molecule has 2 bridgehead atoms. The molecule has 0 saturated carbocycles. The van der Waals surface area contributed by atoms with E-state index in [-0.39, 0.29) is 5.41 Å². The van der Waals surface area contributed by atoms with E-state index in [2.05, 4.69) is 13.8 Å². The van der Waals surface area contributed by atoms with Crippen LogP contribution < -0.4 is 0 Å². The van der Waals surface area contributed by atoms with Crippen LogP contribution in [0.5, 0.6) is 0 Å². The average Bonchev–Trinajstić information content (AvgIpc) is 2.22. The molecule has 0 unspecified atom stereocenters. The van der Waals surface area contributed by atoms with Crippen LogP contribution in [0.1, 0.15) is 26.7 Å². The molecule has 4 nitrogen and oxygen atoms in total. The predicted molar refractivity (Wildman–Crippen MR) is 52.0 cm³/mol. The van der Waals surface area contributed by atoms with Crippen molar-refractivity contribution >= 4 is 7.82 Å². The molecule has 3 saturated heterocycles. The molecule has 0 amide bonds. The molecular formula is C9H17O4P. The molecule has 0 aromatic rings. The molecule has 3 rings (SSSR count). The Balaban J connectivity index is 2.14. The molecular weight excluding hydrogens is 203 g/mol. The molecule has 0 aliphatic carbocycles. The largest absolute Gasteiger partial charge is 0.474 e. The van der Waals surface area contributed by atoms with Crippen molar-refractivity contribution in [2.45, 2.75) is 26.7 Å². The van der Waals surface area contributed by atoms with Gasteiger partial charge in [-0.15, -0.1) is 0 Å². The number of phosphoric ester groups is 1. The molecule has 0 radical (unpaired) electrons. The molecule has 5 heteroatoms. The maximum Gasteiger partial charge on any atom is 0.474 e. The van der Waals surface area contributed by atoms with Gasteiger partial charge in [-0.2, -0.15) is 0 Å². The van der Waals surface area contributed by atoms with Crippen LogP contribution in [0.4, 0.5) is 0 Å². The van der Waals surface area contributed by atoms with Crippen molar-refractivity contribution < 1.29 is 18.1 Å². The number of hydrogen-bond acceptors (Lipinski definition) is 4. The van der Waals surface area contributed by atoms with E-state index in [0.717, 1.165) is 12.8 Å². The summed E-state index contributed by atoms with van der Waals surface area (Å²) in [6.45, 7) is 5.89. The molecule has 3 aliphatic heterocycles. The van der Waals surface area contributed by atoms with Gasteiger partial charge in [0, 0.05) is 5.41 Å². The smallest absolute Gasteiger partial charge is 0.286 e. The summed E-state index contributed by atoms with van der Waals surface area (Å²) in [6, 6.07) is 0. The van der Waals surface area contributed by atoms with E-state index in [1.54, 1.807) is 0 Å². The van der Waals surface area contributed by atoms with E-state index in [0.29, 0.717) is 25.7 Å². The van der Waals surface area contributed by atoms with Crippen LogP contribution in [-0.2, 0) is 18.1 Å². The predicted octanol–water partition coefficient (Wildman–Crippen LogP) is 2.59. The minimum absolute atomic E-state index is 0.0599. The highest BCUT2D eigenvalue weighted by Crippen LogP contribution is 2.62. The monoisotopic (exact) mass is 220 g/mol. The first-order chi connectivity index (χ1) is 6.64. The number of phosphoric acid groups is 1. The highest BCUT2D eigenvalue weighted by Gasteiger charge is 2.53. The van der Waals surface area contributed by atoms with Crippen LogP contribution in [0.2, 0.25) is 0 Å². The summed E-state index contributed by atoms with van der Waals surface area (Å²) in [6.07, 6.45) is 2.16. The first-order valence-electron chi connectivity index (χ1n) is 5.18. The third-order valence-corrected chi connectivity index (χ3v) is 4.72. The second-order valence-corrected chi connectivity index (χ2v) is 5.81. The normalized spacial score (nSPS) is 41.9. The summed E-state index contributed by atoms with van der Waals surface area (Å²) in [5, 5.41) is 0.